The second-order valence-electron chi connectivity index (χ2n) is 7.33. The summed E-state index contributed by atoms with van der Waals surface area (Å²) in [5.74, 6) is -2.47. The van der Waals surface area contributed by atoms with Gasteiger partial charge in [-0.3, -0.25) is 4.79 Å². The zero-order valence-corrected chi connectivity index (χ0v) is 18.4. The molecule has 0 radical (unpaired) electrons. The second-order valence-corrected chi connectivity index (χ2v) is 9.27. The van der Waals surface area contributed by atoms with Crippen molar-refractivity contribution in [3.63, 3.8) is 0 Å². The van der Waals surface area contributed by atoms with Gasteiger partial charge in [0.1, 0.15) is 5.75 Å². The van der Waals surface area contributed by atoms with Gasteiger partial charge in [0.2, 0.25) is 10.0 Å². The summed E-state index contributed by atoms with van der Waals surface area (Å²) in [6.45, 7) is 2.72. The van der Waals surface area contributed by atoms with E-state index in [1.54, 1.807) is 6.92 Å². The van der Waals surface area contributed by atoms with Gasteiger partial charge >= 0.3 is 0 Å². The SMILES string of the molecule is CCN(C(=O)c1cc(S(=O)(=O)N2CCCCCC2)ccc1OC)c1ccc(F)c(F)c1. The van der Waals surface area contributed by atoms with Crippen molar-refractivity contribution in [3.05, 3.63) is 53.6 Å². The first-order valence-electron chi connectivity index (χ1n) is 10.2. The van der Waals surface area contributed by atoms with Crippen LogP contribution in [0.2, 0.25) is 0 Å². The molecular formula is C22H26F2N2O4S. The van der Waals surface area contributed by atoms with Crippen LogP contribution in [0.4, 0.5) is 14.5 Å². The van der Waals surface area contributed by atoms with Gasteiger partial charge in [-0.05, 0) is 50.1 Å². The number of anilines is 1. The van der Waals surface area contributed by atoms with E-state index in [1.165, 1.54) is 40.6 Å². The smallest absolute Gasteiger partial charge is 0.262 e. The van der Waals surface area contributed by atoms with Crippen LogP contribution in [0.1, 0.15) is 43.0 Å². The molecule has 0 bridgehead atoms. The molecule has 168 valence electrons. The Kier molecular flexibility index (Phi) is 7.27. The van der Waals surface area contributed by atoms with Gasteiger partial charge in [0.05, 0.1) is 17.6 Å². The summed E-state index contributed by atoms with van der Waals surface area (Å²) >= 11 is 0. The highest BCUT2D eigenvalue weighted by atomic mass is 32.2. The van der Waals surface area contributed by atoms with Crippen LogP contribution in [-0.2, 0) is 10.0 Å². The van der Waals surface area contributed by atoms with Crippen molar-refractivity contribution in [1.82, 2.24) is 4.31 Å². The number of methoxy groups -OCH3 is 1. The number of amides is 1. The Bertz CT molecular complexity index is 1050. The maximum absolute atomic E-state index is 13.7. The van der Waals surface area contributed by atoms with E-state index in [1.807, 2.05) is 0 Å². The fraction of sp³-hybridized carbons (Fsp3) is 0.409. The molecule has 0 aliphatic carbocycles. The summed E-state index contributed by atoms with van der Waals surface area (Å²) in [4.78, 5) is 14.5. The van der Waals surface area contributed by atoms with Gasteiger partial charge in [-0.1, -0.05) is 12.8 Å². The Balaban J connectivity index is 2.01. The average molecular weight is 453 g/mol. The van der Waals surface area contributed by atoms with E-state index in [2.05, 4.69) is 0 Å². The number of hydrogen-bond donors (Lipinski definition) is 0. The third-order valence-electron chi connectivity index (χ3n) is 5.38. The molecule has 9 heteroatoms. The summed E-state index contributed by atoms with van der Waals surface area (Å²) in [5, 5.41) is 0. The predicted molar refractivity (Wildman–Crippen MR) is 114 cm³/mol. The molecule has 0 unspecified atom stereocenters. The third kappa shape index (κ3) is 4.88. The summed E-state index contributed by atoms with van der Waals surface area (Å²) < 4.78 is 60.1. The van der Waals surface area contributed by atoms with Crippen molar-refractivity contribution in [2.24, 2.45) is 0 Å². The van der Waals surface area contributed by atoms with Crippen LogP contribution >= 0.6 is 0 Å². The molecular weight excluding hydrogens is 426 g/mol. The number of carbonyl (C=O) groups is 1. The van der Waals surface area contributed by atoms with E-state index < -0.39 is 27.6 Å². The van der Waals surface area contributed by atoms with Gasteiger partial charge < -0.3 is 9.64 Å². The van der Waals surface area contributed by atoms with E-state index >= 15 is 0 Å². The number of ether oxygens (including phenoxy) is 1. The molecule has 0 atom stereocenters. The molecule has 1 amide bonds. The lowest BCUT2D eigenvalue weighted by atomic mass is 10.1. The lowest BCUT2D eigenvalue weighted by molar-refractivity contribution is 0.0985. The topological polar surface area (TPSA) is 66.9 Å². The highest BCUT2D eigenvalue weighted by molar-refractivity contribution is 7.89. The van der Waals surface area contributed by atoms with E-state index in [-0.39, 0.29) is 28.4 Å². The maximum Gasteiger partial charge on any atom is 0.262 e. The Hall–Kier alpha value is -2.52. The van der Waals surface area contributed by atoms with Gasteiger partial charge in [0, 0.05) is 31.4 Å². The number of sulfonamides is 1. The summed E-state index contributed by atoms with van der Waals surface area (Å²) in [7, 11) is -2.40. The van der Waals surface area contributed by atoms with Gasteiger partial charge in [-0.25, -0.2) is 17.2 Å². The summed E-state index contributed by atoms with van der Waals surface area (Å²) in [6.07, 6.45) is 3.55. The Morgan fingerprint density at radius 3 is 2.29 bits per heavy atom. The van der Waals surface area contributed by atoms with Crippen molar-refractivity contribution < 1.29 is 26.7 Å². The molecule has 31 heavy (non-hydrogen) atoms. The molecule has 0 spiro atoms. The molecule has 1 fully saturated rings. The normalized spacial score (nSPS) is 15.4. The Morgan fingerprint density at radius 2 is 1.71 bits per heavy atom. The fourth-order valence-electron chi connectivity index (χ4n) is 3.69. The molecule has 1 saturated heterocycles. The number of carbonyl (C=O) groups excluding carboxylic acids is 1. The quantitative estimate of drug-likeness (QED) is 0.659. The molecule has 0 N–H and O–H groups in total. The van der Waals surface area contributed by atoms with Gasteiger partial charge in [-0.2, -0.15) is 4.31 Å². The van der Waals surface area contributed by atoms with Crippen LogP contribution in [0.3, 0.4) is 0 Å². The van der Waals surface area contributed by atoms with Crippen LogP contribution in [0.15, 0.2) is 41.3 Å². The molecule has 2 aromatic carbocycles. The zero-order chi connectivity index (χ0) is 22.6. The van der Waals surface area contributed by atoms with Crippen LogP contribution in [0.25, 0.3) is 0 Å². The highest BCUT2D eigenvalue weighted by Gasteiger charge is 2.28. The maximum atomic E-state index is 13.7. The summed E-state index contributed by atoms with van der Waals surface area (Å²) in [5.41, 5.74) is 0.194. The minimum absolute atomic E-state index is 0.000102. The largest absolute Gasteiger partial charge is 0.496 e. The second kappa shape index (κ2) is 9.74. The van der Waals surface area contributed by atoms with Crippen molar-refractivity contribution in [3.8, 4) is 5.75 Å². The first kappa shape index (κ1) is 23.1. The van der Waals surface area contributed by atoms with Gasteiger partial charge in [-0.15, -0.1) is 0 Å². The first-order chi connectivity index (χ1) is 14.8. The number of nitrogens with zero attached hydrogens (tertiary/aromatic N) is 2. The molecule has 1 aliphatic heterocycles. The van der Waals surface area contributed by atoms with Gasteiger partial charge in [0.25, 0.3) is 5.91 Å². The first-order valence-corrected chi connectivity index (χ1v) is 11.7. The highest BCUT2D eigenvalue weighted by Crippen LogP contribution is 2.29. The van der Waals surface area contributed by atoms with Crippen molar-refractivity contribution in [2.75, 3.05) is 31.6 Å². The van der Waals surface area contributed by atoms with E-state index in [0.29, 0.717) is 13.1 Å². The third-order valence-corrected chi connectivity index (χ3v) is 7.28. The van der Waals surface area contributed by atoms with E-state index in [4.69, 9.17) is 4.74 Å². The van der Waals surface area contributed by atoms with E-state index in [9.17, 15) is 22.0 Å². The number of halogens is 2. The van der Waals surface area contributed by atoms with Crippen molar-refractivity contribution in [2.45, 2.75) is 37.5 Å². The summed E-state index contributed by atoms with van der Waals surface area (Å²) in [6, 6.07) is 7.33. The zero-order valence-electron chi connectivity index (χ0n) is 17.6. The minimum Gasteiger partial charge on any atom is -0.496 e. The molecule has 0 saturated carbocycles. The molecule has 1 heterocycles. The Labute approximate surface area is 181 Å². The molecule has 0 aromatic heterocycles. The number of benzene rings is 2. The standard InChI is InChI=1S/C22H26F2N2O4S/c1-3-26(16-8-10-19(23)20(24)14-16)22(27)18-15-17(9-11-21(18)30-2)31(28,29)25-12-6-4-5-7-13-25/h8-11,14-15H,3-7,12-13H2,1-2H3. The van der Waals surface area contributed by atoms with Crippen LogP contribution in [0.5, 0.6) is 5.75 Å². The lowest BCUT2D eigenvalue weighted by Crippen LogP contribution is -2.33. The molecule has 1 aliphatic rings. The van der Waals surface area contributed by atoms with Crippen molar-refractivity contribution in [1.29, 1.82) is 0 Å². The monoisotopic (exact) mass is 452 g/mol. The molecule has 3 rings (SSSR count). The van der Waals surface area contributed by atoms with Crippen LogP contribution in [0, 0.1) is 11.6 Å². The average Bonchev–Trinajstić information content (AvgIpc) is 3.06. The van der Waals surface area contributed by atoms with Crippen LogP contribution < -0.4 is 9.64 Å². The van der Waals surface area contributed by atoms with Gasteiger partial charge in [0.15, 0.2) is 11.6 Å². The molecule has 2 aromatic rings. The number of rotatable bonds is 6. The van der Waals surface area contributed by atoms with E-state index in [0.717, 1.165) is 37.8 Å². The fourth-order valence-corrected chi connectivity index (χ4v) is 5.23. The number of hydrogen-bond acceptors (Lipinski definition) is 4. The van der Waals surface area contributed by atoms with Crippen LogP contribution in [-0.4, -0.2) is 45.4 Å². The predicted octanol–water partition coefficient (Wildman–Crippen LogP) is 4.20. The lowest BCUT2D eigenvalue weighted by Gasteiger charge is -2.24. The minimum atomic E-state index is -3.78. The molecule has 6 nitrogen and oxygen atoms in total. The van der Waals surface area contributed by atoms with Crippen molar-refractivity contribution >= 4 is 21.6 Å². The Morgan fingerprint density at radius 1 is 1.03 bits per heavy atom.